The van der Waals surface area contributed by atoms with E-state index in [-0.39, 0.29) is 0 Å². The quantitative estimate of drug-likeness (QED) is 0.556. The minimum atomic E-state index is 0.376. The molecule has 0 aliphatic heterocycles. The van der Waals surface area contributed by atoms with Crippen molar-refractivity contribution in [3.05, 3.63) is 12.2 Å². The van der Waals surface area contributed by atoms with Gasteiger partial charge in [-0.1, -0.05) is 26.0 Å². The molecule has 0 aromatic rings. The molecule has 0 N–H and O–H groups in total. The van der Waals surface area contributed by atoms with Crippen molar-refractivity contribution >= 4 is 5.78 Å². The van der Waals surface area contributed by atoms with E-state index < -0.39 is 0 Å². The Labute approximate surface area is 68.5 Å². The van der Waals surface area contributed by atoms with Gasteiger partial charge < -0.3 is 0 Å². The van der Waals surface area contributed by atoms with E-state index in [1.54, 1.807) is 0 Å². The van der Waals surface area contributed by atoms with E-state index in [1.807, 2.05) is 0 Å². The lowest BCUT2D eigenvalue weighted by Gasteiger charge is -2.11. The van der Waals surface area contributed by atoms with E-state index in [2.05, 4.69) is 20.4 Å². The van der Waals surface area contributed by atoms with Gasteiger partial charge in [0.15, 0.2) is 0 Å². The molecule has 0 spiro atoms. The monoisotopic (exact) mass is 152 g/mol. The molecule has 1 fully saturated rings. The fourth-order valence-electron chi connectivity index (χ4n) is 1.71. The zero-order chi connectivity index (χ0) is 8.43. The van der Waals surface area contributed by atoms with Crippen LogP contribution >= 0.6 is 0 Å². The van der Waals surface area contributed by atoms with Gasteiger partial charge in [-0.2, -0.15) is 0 Å². The second kappa shape index (κ2) is 3.21. The third-order valence-electron chi connectivity index (χ3n) is 2.23. The summed E-state index contributed by atoms with van der Waals surface area (Å²) < 4.78 is 0. The molecule has 62 valence electrons. The Morgan fingerprint density at radius 2 is 2.27 bits per heavy atom. The van der Waals surface area contributed by atoms with Gasteiger partial charge in [0, 0.05) is 12.8 Å². The van der Waals surface area contributed by atoms with Crippen LogP contribution in [0.4, 0.5) is 0 Å². The average molecular weight is 152 g/mol. The van der Waals surface area contributed by atoms with Crippen molar-refractivity contribution in [3.63, 3.8) is 0 Å². The van der Waals surface area contributed by atoms with Crippen LogP contribution in [-0.4, -0.2) is 5.78 Å². The average Bonchev–Trinajstić information content (AvgIpc) is 2.09. The Morgan fingerprint density at radius 3 is 2.64 bits per heavy atom. The standard InChI is InChI=1S/C10H16O/c1-7(2)4-9-6-10(11)5-8(9)3/h7,9H,3-6H2,1-2H3. The molecule has 0 saturated heterocycles. The van der Waals surface area contributed by atoms with Gasteiger partial charge in [-0.05, 0) is 18.3 Å². The van der Waals surface area contributed by atoms with Crippen LogP contribution in [0.25, 0.3) is 0 Å². The van der Waals surface area contributed by atoms with Crippen molar-refractivity contribution in [1.29, 1.82) is 0 Å². The van der Waals surface area contributed by atoms with E-state index in [0.717, 1.165) is 18.4 Å². The highest BCUT2D eigenvalue weighted by Crippen LogP contribution is 2.31. The van der Waals surface area contributed by atoms with Crippen molar-refractivity contribution in [1.82, 2.24) is 0 Å². The van der Waals surface area contributed by atoms with Crippen molar-refractivity contribution in [2.45, 2.75) is 33.1 Å². The maximum absolute atomic E-state index is 11.0. The SMILES string of the molecule is C=C1CC(=O)CC1CC(C)C. The van der Waals surface area contributed by atoms with Gasteiger partial charge in [0.1, 0.15) is 5.78 Å². The Bertz CT molecular complexity index is 179. The third kappa shape index (κ3) is 2.18. The first-order chi connectivity index (χ1) is 5.09. The number of hydrogen-bond donors (Lipinski definition) is 0. The summed E-state index contributed by atoms with van der Waals surface area (Å²) >= 11 is 0. The maximum Gasteiger partial charge on any atom is 0.137 e. The molecule has 1 aliphatic carbocycles. The highest BCUT2D eigenvalue weighted by atomic mass is 16.1. The van der Waals surface area contributed by atoms with Crippen LogP contribution in [0.3, 0.4) is 0 Å². The van der Waals surface area contributed by atoms with Gasteiger partial charge in [0.2, 0.25) is 0 Å². The molecule has 0 aromatic carbocycles. The van der Waals surface area contributed by atoms with E-state index >= 15 is 0 Å². The van der Waals surface area contributed by atoms with Crippen LogP contribution in [0.5, 0.6) is 0 Å². The first-order valence-electron chi connectivity index (χ1n) is 4.29. The predicted octanol–water partition coefficient (Wildman–Crippen LogP) is 2.57. The van der Waals surface area contributed by atoms with E-state index in [1.165, 1.54) is 0 Å². The summed E-state index contributed by atoms with van der Waals surface area (Å²) in [5.74, 6) is 1.55. The molecule has 1 saturated carbocycles. The lowest BCUT2D eigenvalue weighted by Crippen LogP contribution is -2.01. The zero-order valence-corrected chi connectivity index (χ0v) is 7.39. The number of Topliss-reactive ketones (excluding diaryl/α,β-unsaturated/α-hetero) is 1. The Hall–Kier alpha value is -0.590. The molecule has 0 radical (unpaired) electrons. The van der Waals surface area contributed by atoms with Crippen LogP contribution in [-0.2, 0) is 4.79 Å². The van der Waals surface area contributed by atoms with Crippen LogP contribution in [0.1, 0.15) is 33.1 Å². The molecule has 1 atom stereocenters. The molecule has 0 aromatic heterocycles. The van der Waals surface area contributed by atoms with Crippen LogP contribution in [0.15, 0.2) is 12.2 Å². The molecule has 1 unspecified atom stereocenters. The summed E-state index contributed by atoms with van der Waals surface area (Å²) in [6, 6.07) is 0. The number of carbonyl (C=O) groups is 1. The fourth-order valence-corrected chi connectivity index (χ4v) is 1.71. The van der Waals surface area contributed by atoms with Crippen LogP contribution < -0.4 is 0 Å². The van der Waals surface area contributed by atoms with Gasteiger partial charge in [-0.25, -0.2) is 0 Å². The summed E-state index contributed by atoms with van der Waals surface area (Å²) in [4.78, 5) is 11.0. The smallest absolute Gasteiger partial charge is 0.137 e. The van der Waals surface area contributed by atoms with Gasteiger partial charge in [-0.15, -0.1) is 0 Å². The molecular formula is C10H16O. The molecule has 0 amide bonds. The second-order valence-corrected chi connectivity index (χ2v) is 3.90. The molecule has 1 nitrogen and oxygen atoms in total. The summed E-state index contributed by atoms with van der Waals surface area (Å²) in [6.07, 6.45) is 2.51. The third-order valence-corrected chi connectivity index (χ3v) is 2.23. The zero-order valence-electron chi connectivity index (χ0n) is 7.39. The Morgan fingerprint density at radius 1 is 1.64 bits per heavy atom. The van der Waals surface area contributed by atoms with E-state index in [4.69, 9.17) is 0 Å². The molecule has 1 aliphatic rings. The highest BCUT2D eigenvalue weighted by Gasteiger charge is 2.25. The molecular weight excluding hydrogens is 136 g/mol. The van der Waals surface area contributed by atoms with Crippen molar-refractivity contribution in [2.24, 2.45) is 11.8 Å². The molecule has 1 heteroatoms. The van der Waals surface area contributed by atoms with Crippen molar-refractivity contribution in [3.8, 4) is 0 Å². The van der Waals surface area contributed by atoms with E-state index in [9.17, 15) is 4.79 Å². The Kier molecular flexibility index (Phi) is 2.48. The lowest BCUT2D eigenvalue weighted by atomic mass is 9.93. The molecule has 0 bridgehead atoms. The summed E-state index contributed by atoms with van der Waals surface area (Å²) in [5.41, 5.74) is 1.16. The van der Waals surface area contributed by atoms with Gasteiger partial charge in [0.25, 0.3) is 0 Å². The fraction of sp³-hybridized carbons (Fsp3) is 0.700. The van der Waals surface area contributed by atoms with Gasteiger partial charge in [-0.3, -0.25) is 4.79 Å². The van der Waals surface area contributed by atoms with E-state index in [0.29, 0.717) is 24.0 Å². The summed E-state index contributed by atoms with van der Waals surface area (Å²) in [5, 5.41) is 0. The highest BCUT2D eigenvalue weighted by molar-refractivity contribution is 5.84. The number of rotatable bonds is 2. The van der Waals surface area contributed by atoms with Crippen LogP contribution in [0.2, 0.25) is 0 Å². The van der Waals surface area contributed by atoms with Gasteiger partial charge in [0.05, 0.1) is 0 Å². The Balaban J connectivity index is 2.47. The maximum atomic E-state index is 11.0. The van der Waals surface area contributed by atoms with Crippen molar-refractivity contribution < 1.29 is 4.79 Å². The number of ketones is 1. The first-order valence-corrected chi connectivity index (χ1v) is 4.29. The number of carbonyl (C=O) groups excluding carboxylic acids is 1. The molecule has 1 rings (SSSR count). The minimum absolute atomic E-state index is 0.376. The predicted molar refractivity (Wildman–Crippen MR) is 46.3 cm³/mol. The second-order valence-electron chi connectivity index (χ2n) is 3.90. The topological polar surface area (TPSA) is 17.1 Å². The van der Waals surface area contributed by atoms with Crippen LogP contribution in [0, 0.1) is 11.8 Å². The molecule has 11 heavy (non-hydrogen) atoms. The summed E-state index contributed by atoms with van der Waals surface area (Å²) in [6.45, 7) is 8.30. The summed E-state index contributed by atoms with van der Waals surface area (Å²) in [7, 11) is 0. The lowest BCUT2D eigenvalue weighted by molar-refractivity contribution is -0.117. The first kappa shape index (κ1) is 8.51. The normalized spacial score (nSPS) is 25.2. The largest absolute Gasteiger partial charge is 0.299 e. The number of allylic oxidation sites excluding steroid dienone is 1. The minimum Gasteiger partial charge on any atom is -0.299 e. The molecule has 0 heterocycles. The number of hydrogen-bond acceptors (Lipinski definition) is 1. The van der Waals surface area contributed by atoms with Gasteiger partial charge >= 0.3 is 0 Å². The van der Waals surface area contributed by atoms with Crippen molar-refractivity contribution in [2.75, 3.05) is 0 Å².